The van der Waals surface area contributed by atoms with E-state index in [1.54, 1.807) is 42.8 Å². The van der Waals surface area contributed by atoms with E-state index < -0.39 is 230 Å². The Morgan fingerprint density at radius 3 is 1.79 bits per heavy atom. The molecule has 0 radical (unpaired) electrons. The van der Waals surface area contributed by atoms with Crippen LogP contribution in [0.4, 0.5) is 0 Å². The number of allylic oxidation sites excluding steroid dienone is 1. The molecule has 2 aromatic heterocycles. The summed E-state index contributed by atoms with van der Waals surface area (Å²) in [5.74, 6) is -18.5. The number of rotatable bonds is 64. The van der Waals surface area contributed by atoms with Crippen molar-refractivity contribution in [2.45, 2.75) is 305 Å². The number of ether oxygens (including phenoxy) is 2. The number of nitrogens with one attached hydrogen (secondary N) is 18. The maximum absolute atomic E-state index is 15.7. The number of Topliss-reactive ketones (excluding diaryl/α,β-unsaturated/α-hetero) is 1. The lowest BCUT2D eigenvalue weighted by molar-refractivity contribution is -0.148. The monoisotopic (exact) mass is 2070 g/mol. The second kappa shape index (κ2) is 66.0. The Kier molecular flexibility index (Phi) is 53.8. The predicted octanol–water partition coefficient (Wildman–Crippen LogP) is -2.53. The Labute approximate surface area is 851 Å². The Morgan fingerprint density at radius 1 is 0.565 bits per heavy atom. The lowest BCUT2D eigenvalue weighted by Crippen LogP contribution is -2.60. The van der Waals surface area contributed by atoms with Crippen LogP contribution in [-0.4, -0.2) is 344 Å². The molecule has 4 aliphatic heterocycles. The van der Waals surface area contributed by atoms with Crippen LogP contribution >= 0.6 is 0 Å². The highest BCUT2D eigenvalue weighted by atomic mass is 16.5. The molecule has 3 aromatic rings. The van der Waals surface area contributed by atoms with Gasteiger partial charge in [0, 0.05) is 120 Å². The number of aliphatic carboxylic acids is 3. The molecule has 1 aromatic carbocycles. The molecule has 52 nitrogen and oxygen atoms in total. The van der Waals surface area contributed by atoms with Gasteiger partial charge in [-0.2, -0.15) is 0 Å². The maximum Gasteiger partial charge on any atom is 0.317 e. The molecule has 7 rings (SSSR count). The van der Waals surface area contributed by atoms with Gasteiger partial charge in [-0.05, 0) is 138 Å². The summed E-state index contributed by atoms with van der Waals surface area (Å²) in [6.45, 7) is -1.02. The molecule has 15 amide bonds. The first-order valence-corrected chi connectivity index (χ1v) is 50.6. The van der Waals surface area contributed by atoms with Crippen molar-refractivity contribution >= 4 is 141 Å². The number of aromatic nitrogens is 5. The summed E-state index contributed by atoms with van der Waals surface area (Å²) in [6.07, 6.45) is 17.6. The second-order valence-corrected chi connectivity index (χ2v) is 37.0. The van der Waals surface area contributed by atoms with Crippen LogP contribution in [0, 0.1) is 10.8 Å². The van der Waals surface area contributed by atoms with Gasteiger partial charge in [0.2, 0.25) is 88.6 Å². The van der Waals surface area contributed by atoms with E-state index in [4.69, 9.17) is 37.5 Å². The van der Waals surface area contributed by atoms with E-state index in [1.807, 2.05) is 0 Å². The van der Waals surface area contributed by atoms with Gasteiger partial charge in [0.1, 0.15) is 84.7 Å². The van der Waals surface area contributed by atoms with Gasteiger partial charge >= 0.3 is 17.9 Å². The number of aliphatic imine (C=N–C) groups is 1. The van der Waals surface area contributed by atoms with Crippen molar-refractivity contribution in [1.82, 2.24) is 115 Å². The zero-order valence-electron chi connectivity index (χ0n) is 83.5. The number of aromatic amines is 2. The van der Waals surface area contributed by atoms with E-state index in [2.05, 4.69) is 105 Å². The number of para-hydroxylation sites is 1. The number of guanidine groups is 2. The van der Waals surface area contributed by atoms with Gasteiger partial charge in [-0.3, -0.25) is 112 Å². The Morgan fingerprint density at radius 2 is 1.14 bits per heavy atom. The molecule has 147 heavy (non-hydrogen) atoms. The number of aryl methyl sites for hydroxylation is 1. The normalized spacial score (nSPS) is 18.8. The number of hydrogen-bond acceptors (Lipinski definition) is 28. The van der Waals surface area contributed by atoms with Gasteiger partial charge < -0.3 is 131 Å². The summed E-state index contributed by atoms with van der Waals surface area (Å²) in [7, 11) is 0. The van der Waals surface area contributed by atoms with Gasteiger partial charge in [-0.25, -0.2) is 5.10 Å². The molecular formula is C95H148N28O24. The number of carboxylic acids is 3. The second-order valence-electron chi connectivity index (χ2n) is 37.0. The van der Waals surface area contributed by atoms with Gasteiger partial charge in [-0.15, -0.1) is 5.10 Å². The average Bonchev–Trinajstić information content (AvgIpc) is 1.65. The minimum absolute atomic E-state index is 0.00629. The summed E-state index contributed by atoms with van der Waals surface area (Å²) in [5, 5.41) is 95.4. The van der Waals surface area contributed by atoms with Crippen LogP contribution in [0.3, 0.4) is 0 Å². The van der Waals surface area contributed by atoms with Crippen molar-refractivity contribution in [3.8, 4) is 0 Å². The molecule has 27 N–H and O–H groups in total. The zero-order valence-corrected chi connectivity index (χ0v) is 83.5. The first kappa shape index (κ1) is 120. The number of benzene rings is 1. The predicted molar refractivity (Wildman–Crippen MR) is 532 cm³/mol. The highest BCUT2D eigenvalue weighted by Crippen LogP contribution is 2.29. The fraction of sp³-hybridized carbons (Fsp3) is 0.653. The number of nitrogens with two attached hydrogens (primary N) is 3. The van der Waals surface area contributed by atoms with E-state index in [-0.39, 0.29) is 174 Å². The largest absolute Gasteiger partial charge is 0.481 e. The smallest absolute Gasteiger partial charge is 0.317 e. The summed E-state index contributed by atoms with van der Waals surface area (Å²) >= 11 is 0. The molecule has 0 saturated carbocycles. The Balaban J connectivity index is 0.994. The first-order valence-electron chi connectivity index (χ1n) is 50.6. The third-order valence-corrected chi connectivity index (χ3v) is 25.1. The third kappa shape index (κ3) is 46.0. The van der Waals surface area contributed by atoms with Crippen LogP contribution in [0.2, 0.25) is 0 Å². The summed E-state index contributed by atoms with van der Waals surface area (Å²) in [5.41, 5.74) is 18.4. The van der Waals surface area contributed by atoms with Gasteiger partial charge in [0.05, 0.1) is 45.9 Å². The van der Waals surface area contributed by atoms with Crippen molar-refractivity contribution in [1.29, 1.82) is 10.8 Å². The lowest BCUT2D eigenvalue weighted by Gasteiger charge is -2.33. The highest BCUT2D eigenvalue weighted by molar-refractivity contribution is 6.02. The Bertz CT molecular complexity index is 4940. The number of ketones is 1. The summed E-state index contributed by atoms with van der Waals surface area (Å²) in [4.78, 5) is 275. The molecule has 3 fully saturated rings. The molecule has 11 atom stereocenters. The van der Waals surface area contributed by atoms with Crippen LogP contribution < -0.4 is 91.6 Å². The number of carboxylic acid groups (broad SMARTS) is 3. The number of carbonyl (C=O) groups is 19. The minimum atomic E-state index is -2.06. The van der Waals surface area contributed by atoms with Crippen LogP contribution in [0.15, 0.2) is 47.2 Å². The molecule has 812 valence electrons. The molecule has 52 heteroatoms. The summed E-state index contributed by atoms with van der Waals surface area (Å²) < 4.78 is 11.0. The first-order chi connectivity index (χ1) is 70.5. The van der Waals surface area contributed by atoms with Crippen LogP contribution in [-0.2, 0) is 113 Å². The SMILES string of the molecule is CC(=O)N[C@H]1CCC(=O)C[C@@H](C(=O)N2CCC[C@H]2C(=O)N2CCC[C@H]2C(=O)N[C@@H](CCCNC(=N)N)C(=O)N[C@@H](CC(=O)O)C(=O)N[C@@H](CCCCN(CC(=O)O)CC(=O)O)C(=O)N[C@@H](CCCCNC(=O)COCCOCCNC(=O)CCCCCCCCCCCCCCCc2nnn[nH]2)C(N)=O)NC(=O)[C@H](Cc2c[nH]c3ccccc23)NC(=O)[C@H](CCCNC(=N)N)NC(=O)CNC(=O)[C@H](CC2=CCC=N2)NC1=O. The molecule has 4 aliphatic rings. The fourth-order valence-electron chi connectivity index (χ4n) is 17.6. The number of carbonyl (C=O) groups excluding carboxylic acids is 16. The number of fused-ring (bicyclic) bond motifs is 1. The number of amides is 15. The maximum atomic E-state index is 15.7. The molecule has 3 saturated heterocycles. The van der Waals surface area contributed by atoms with Crippen molar-refractivity contribution in [3.63, 3.8) is 0 Å². The number of unbranched alkanes of at least 4 members (excludes halogenated alkanes) is 14. The standard InChI is InChI=1S/C95H148N28O24/c1-59(124)108-69-38-37-62(125)52-73(116-89(141)70(50-60-54-106-64-28-16-15-27-63(60)64)113-85(137)66(31-22-41-104-94(97)98)109-78(127)55-107-84(136)71(114-88(69)140)51-61-26-21-40-101-61)92(144)123-46-25-34-75(123)93(145)122-45-24-33-74(122)91(143)112-68(32-23-42-105-95(99)100)87(139)115-72(53-80(129)130)90(142)111-67(30-18-20-44-121(56-81(131)132)57-82(133)134)86(138)110-65(83(96)135)29-17-19-39-102-79(128)58-147-49-48-146-47-43-103-77(126)36-14-12-10-8-6-4-2-3-5-7-9-11-13-35-76-117-119-120-118-76/h15-16,26-28,40,54,65-75,106H,2-14,17-25,29-39,41-53,55-58H2,1H3,(H2,96,135)(H,102,128)(H,103,126)(H,107,136)(H,108,124)(H,109,127)(H,110,138)(H,111,142)(H,112,143)(H,113,137)(H,114,140)(H,115,139)(H,116,141)(H,129,130)(H,131,132)(H,133,134)(H4,97,98,104)(H4,99,100,105)(H,117,118,119,120)/t65-,66-,67-,68-,69-,70-,71-,72-,73-,74-,75-/m0/s1. The van der Waals surface area contributed by atoms with Crippen molar-refractivity contribution < 1.29 is 116 Å². The topological polar surface area (TPSA) is 790 Å². The number of tetrazole rings is 1. The van der Waals surface area contributed by atoms with E-state index >= 15 is 14.4 Å². The van der Waals surface area contributed by atoms with E-state index in [9.17, 15) is 92.0 Å². The van der Waals surface area contributed by atoms with Crippen molar-refractivity contribution in [3.05, 3.63) is 53.6 Å². The number of hydrogen-bond donors (Lipinski definition) is 24. The zero-order chi connectivity index (χ0) is 107. The number of H-pyrrole nitrogens is 2. The van der Waals surface area contributed by atoms with Crippen molar-refractivity contribution in [2.75, 3.05) is 91.9 Å². The minimum Gasteiger partial charge on any atom is -0.481 e. The lowest BCUT2D eigenvalue weighted by atomic mass is 9.99. The molecule has 0 aliphatic carbocycles. The number of primary amides is 1. The van der Waals surface area contributed by atoms with Gasteiger partial charge in [-0.1, -0.05) is 94.9 Å². The molecule has 0 bridgehead atoms. The quantitative estimate of drug-likeness (QED) is 0.0157. The fourth-order valence-corrected chi connectivity index (χ4v) is 17.6. The molecular weight excluding hydrogens is 1920 g/mol. The molecule has 0 unspecified atom stereocenters. The number of nitrogens with zero attached hydrogens (tertiary/aromatic N) is 7. The highest BCUT2D eigenvalue weighted by Gasteiger charge is 2.46. The van der Waals surface area contributed by atoms with Gasteiger partial charge in [0.25, 0.3) is 0 Å². The van der Waals surface area contributed by atoms with Crippen LogP contribution in [0.5, 0.6) is 0 Å². The van der Waals surface area contributed by atoms with Gasteiger partial charge in [0.15, 0.2) is 11.9 Å². The van der Waals surface area contributed by atoms with E-state index in [1.165, 1.54) is 56.3 Å². The third-order valence-electron chi connectivity index (χ3n) is 25.1. The van der Waals surface area contributed by atoms with E-state index in [0.717, 1.165) is 61.1 Å². The van der Waals surface area contributed by atoms with Crippen LogP contribution in [0.1, 0.15) is 237 Å². The number of likely N-dealkylation sites (tertiary alicyclic amines) is 2. The summed E-state index contributed by atoms with van der Waals surface area (Å²) in [6, 6.07) is -10.7. The van der Waals surface area contributed by atoms with Crippen molar-refractivity contribution in [2.24, 2.45) is 22.2 Å². The Hall–Kier alpha value is -14.2. The van der Waals surface area contributed by atoms with Crippen LogP contribution in [0.25, 0.3) is 10.9 Å². The average molecular weight is 2070 g/mol. The molecule has 6 heterocycles. The molecule has 0 spiro atoms. The van der Waals surface area contributed by atoms with E-state index in [0.29, 0.717) is 41.5 Å².